The van der Waals surface area contributed by atoms with Crippen molar-refractivity contribution in [2.75, 3.05) is 20.3 Å². The first kappa shape index (κ1) is 30.5. The van der Waals surface area contributed by atoms with E-state index in [9.17, 15) is 9.59 Å². The van der Waals surface area contributed by atoms with Crippen molar-refractivity contribution in [1.82, 2.24) is 0 Å². The standard InChI is InChI=1S/C30H46O5/c1-5-6-7-8-9-12-15-27(24-35-30(32)25(2)3)16-13-10-11-14-23-34-28-20-17-26(18-21-28)19-22-29(31)33-4/h17-22,27H,2,5-16,23-24H2,1,3-4H3/b22-19+. The zero-order valence-electron chi connectivity index (χ0n) is 22.2. The molecule has 0 aromatic heterocycles. The van der Waals surface area contributed by atoms with Crippen LogP contribution in [-0.2, 0) is 19.1 Å². The molecule has 1 aromatic carbocycles. The summed E-state index contributed by atoms with van der Waals surface area (Å²) < 4.78 is 15.9. The van der Waals surface area contributed by atoms with Gasteiger partial charge in [0.2, 0.25) is 0 Å². The van der Waals surface area contributed by atoms with Gasteiger partial charge in [0.15, 0.2) is 0 Å². The fourth-order valence-corrected chi connectivity index (χ4v) is 3.83. The number of unbranched alkanes of at least 4 members (excludes halogenated alkanes) is 8. The average molecular weight is 487 g/mol. The molecule has 0 amide bonds. The van der Waals surface area contributed by atoms with Gasteiger partial charge >= 0.3 is 11.9 Å². The Morgan fingerprint density at radius 3 is 2.11 bits per heavy atom. The predicted octanol–water partition coefficient (Wildman–Crippen LogP) is 7.69. The Labute approximate surface area is 212 Å². The second-order valence-electron chi connectivity index (χ2n) is 9.28. The number of rotatable bonds is 20. The molecule has 1 aromatic rings. The second-order valence-corrected chi connectivity index (χ2v) is 9.28. The van der Waals surface area contributed by atoms with Crippen molar-refractivity contribution >= 4 is 18.0 Å². The van der Waals surface area contributed by atoms with Crippen molar-refractivity contribution in [3.05, 3.63) is 48.1 Å². The first-order valence-corrected chi connectivity index (χ1v) is 13.3. The molecule has 0 aliphatic rings. The fraction of sp³-hybridized carbons (Fsp3) is 0.600. The monoisotopic (exact) mass is 486 g/mol. The summed E-state index contributed by atoms with van der Waals surface area (Å²) in [5.41, 5.74) is 1.39. The fourth-order valence-electron chi connectivity index (χ4n) is 3.83. The lowest BCUT2D eigenvalue weighted by Crippen LogP contribution is -2.15. The van der Waals surface area contributed by atoms with Gasteiger partial charge < -0.3 is 14.2 Å². The maximum absolute atomic E-state index is 11.8. The Bertz CT molecular complexity index is 751. The minimum absolute atomic E-state index is 0.275. The number of hydrogen-bond acceptors (Lipinski definition) is 5. The van der Waals surface area contributed by atoms with E-state index in [-0.39, 0.29) is 11.9 Å². The average Bonchev–Trinajstić information content (AvgIpc) is 2.86. The third-order valence-corrected chi connectivity index (χ3v) is 6.03. The van der Waals surface area contributed by atoms with Crippen LogP contribution in [0.4, 0.5) is 0 Å². The maximum Gasteiger partial charge on any atom is 0.333 e. The topological polar surface area (TPSA) is 61.8 Å². The highest BCUT2D eigenvalue weighted by atomic mass is 16.5. The van der Waals surface area contributed by atoms with Crippen LogP contribution in [0.1, 0.15) is 96.5 Å². The first-order chi connectivity index (χ1) is 17.0. The molecular weight excluding hydrogens is 440 g/mol. The molecule has 35 heavy (non-hydrogen) atoms. The van der Waals surface area contributed by atoms with Crippen LogP contribution in [0.5, 0.6) is 5.75 Å². The van der Waals surface area contributed by atoms with Gasteiger partial charge in [-0.15, -0.1) is 0 Å². The van der Waals surface area contributed by atoms with Crippen molar-refractivity contribution in [3.8, 4) is 5.75 Å². The number of carbonyl (C=O) groups excluding carboxylic acids is 2. The van der Waals surface area contributed by atoms with E-state index in [4.69, 9.17) is 9.47 Å². The van der Waals surface area contributed by atoms with E-state index in [1.54, 1.807) is 13.0 Å². The summed E-state index contributed by atoms with van der Waals surface area (Å²) in [7, 11) is 1.36. The highest BCUT2D eigenvalue weighted by Gasteiger charge is 2.12. The molecule has 5 nitrogen and oxygen atoms in total. The first-order valence-electron chi connectivity index (χ1n) is 13.3. The van der Waals surface area contributed by atoms with Crippen LogP contribution in [0.3, 0.4) is 0 Å². The summed E-state index contributed by atoms with van der Waals surface area (Å²) in [6, 6.07) is 7.66. The molecule has 0 saturated heterocycles. The predicted molar refractivity (Wildman–Crippen MR) is 143 cm³/mol. The molecule has 1 rings (SSSR count). The van der Waals surface area contributed by atoms with E-state index in [0.29, 0.717) is 24.7 Å². The number of esters is 2. The minimum Gasteiger partial charge on any atom is -0.494 e. The van der Waals surface area contributed by atoms with Crippen molar-refractivity contribution in [2.24, 2.45) is 5.92 Å². The molecule has 0 aliphatic carbocycles. The molecule has 5 heteroatoms. The van der Waals surface area contributed by atoms with Gasteiger partial charge in [-0.05, 0) is 55.9 Å². The van der Waals surface area contributed by atoms with E-state index in [2.05, 4.69) is 18.2 Å². The van der Waals surface area contributed by atoms with Crippen LogP contribution in [-0.4, -0.2) is 32.3 Å². The van der Waals surface area contributed by atoms with Gasteiger partial charge in [0, 0.05) is 11.6 Å². The molecular formula is C30H46O5. The second kappa shape index (κ2) is 19.7. The third-order valence-electron chi connectivity index (χ3n) is 6.03. The summed E-state index contributed by atoms with van der Waals surface area (Å²) in [6.07, 6.45) is 17.5. The van der Waals surface area contributed by atoms with E-state index in [1.165, 1.54) is 51.7 Å². The third kappa shape index (κ3) is 15.9. The molecule has 0 fully saturated rings. The Hall–Kier alpha value is -2.56. The number of ether oxygens (including phenoxy) is 3. The lowest BCUT2D eigenvalue weighted by molar-refractivity contribution is -0.140. The lowest BCUT2D eigenvalue weighted by atomic mass is 9.95. The smallest absolute Gasteiger partial charge is 0.333 e. The van der Waals surface area contributed by atoms with Gasteiger partial charge in [-0.25, -0.2) is 9.59 Å². The maximum atomic E-state index is 11.8. The molecule has 196 valence electrons. The van der Waals surface area contributed by atoms with E-state index >= 15 is 0 Å². The Kier molecular flexibility index (Phi) is 17.2. The van der Waals surface area contributed by atoms with Gasteiger partial charge in [0.05, 0.1) is 20.3 Å². The van der Waals surface area contributed by atoms with Crippen LogP contribution >= 0.6 is 0 Å². The van der Waals surface area contributed by atoms with E-state index < -0.39 is 0 Å². The zero-order chi connectivity index (χ0) is 25.7. The van der Waals surface area contributed by atoms with Gasteiger partial charge in [0.1, 0.15) is 5.75 Å². The molecule has 0 bridgehead atoms. The van der Waals surface area contributed by atoms with Crippen molar-refractivity contribution in [3.63, 3.8) is 0 Å². The molecule has 0 heterocycles. The molecule has 0 N–H and O–H groups in total. The van der Waals surface area contributed by atoms with Gasteiger partial charge in [0.25, 0.3) is 0 Å². The lowest BCUT2D eigenvalue weighted by Gasteiger charge is -2.17. The van der Waals surface area contributed by atoms with Crippen LogP contribution in [0, 0.1) is 5.92 Å². The zero-order valence-corrected chi connectivity index (χ0v) is 22.2. The van der Waals surface area contributed by atoms with E-state index in [0.717, 1.165) is 49.8 Å². The van der Waals surface area contributed by atoms with Crippen molar-refractivity contribution < 1.29 is 23.8 Å². The molecule has 1 unspecified atom stereocenters. The molecule has 0 radical (unpaired) electrons. The molecule has 0 spiro atoms. The van der Waals surface area contributed by atoms with E-state index in [1.807, 2.05) is 24.3 Å². The van der Waals surface area contributed by atoms with Gasteiger partial charge in [-0.3, -0.25) is 0 Å². The SMILES string of the molecule is C=C(C)C(=O)OCC(CCCCCCCC)CCCCCCOc1ccc(/C=C/C(=O)OC)cc1. The van der Waals surface area contributed by atoms with Crippen LogP contribution in [0.25, 0.3) is 6.08 Å². The summed E-state index contributed by atoms with van der Waals surface area (Å²) >= 11 is 0. The highest BCUT2D eigenvalue weighted by molar-refractivity contribution is 5.87. The van der Waals surface area contributed by atoms with Gasteiger partial charge in [-0.2, -0.15) is 0 Å². The summed E-state index contributed by atoms with van der Waals surface area (Å²) in [5.74, 6) is 0.626. The van der Waals surface area contributed by atoms with Crippen LogP contribution in [0.15, 0.2) is 42.5 Å². The normalized spacial score (nSPS) is 11.9. The summed E-state index contributed by atoms with van der Waals surface area (Å²) in [5, 5.41) is 0. The minimum atomic E-state index is -0.369. The van der Waals surface area contributed by atoms with Crippen LogP contribution < -0.4 is 4.74 Å². The number of methoxy groups -OCH3 is 1. The molecule has 0 saturated carbocycles. The molecule has 0 aliphatic heterocycles. The van der Waals surface area contributed by atoms with Gasteiger partial charge in [-0.1, -0.05) is 83.4 Å². The highest BCUT2D eigenvalue weighted by Crippen LogP contribution is 2.20. The summed E-state index contributed by atoms with van der Waals surface area (Å²) in [6.45, 7) is 8.81. The van der Waals surface area contributed by atoms with Crippen molar-refractivity contribution in [1.29, 1.82) is 0 Å². The number of carbonyl (C=O) groups is 2. The Morgan fingerprint density at radius 1 is 0.914 bits per heavy atom. The Balaban J connectivity index is 2.24. The van der Waals surface area contributed by atoms with Crippen LogP contribution in [0.2, 0.25) is 0 Å². The summed E-state index contributed by atoms with van der Waals surface area (Å²) in [4.78, 5) is 23.0. The number of benzene rings is 1. The number of hydrogen-bond donors (Lipinski definition) is 0. The Morgan fingerprint density at radius 2 is 1.51 bits per heavy atom. The quantitative estimate of drug-likeness (QED) is 0.107. The largest absolute Gasteiger partial charge is 0.494 e. The van der Waals surface area contributed by atoms with Crippen molar-refractivity contribution in [2.45, 2.75) is 90.9 Å². The molecule has 1 atom stereocenters.